The van der Waals surface area contributed by atoms with Gasteiger partial charge in [-0.1, -0.05) is 48.0 Å². The first kappa shape index (κ1) is 14.1. The van der Waals surface area contributed by atoms with Crippen LogP contribution >= 0.6 is 11.6 Å². The molecule has 0 saturated heterocycles. The van der Waals surface area contributed by atoms with Gasteiger partial charge in [0.1, 0.15) is 0 Å². The van der Waals surface area contributed by atoms with Gasteiger partial charge < -0.3 is 5.32 Å². The van der Waals surface area contributed by atoms with Gasteiger partial charge in [-0.2, -0.15) is 0 Å². The van der Waals surface area contributed by atoms with Gasteiger partial charge in [0.2, 0.25) is 0 Å². The van der Waals surface area contributed by atoms with Crippen LogP contribution in [0.4, 0.5) is 0 Å². The van der Waals surface area contributed by atoms with Gasteiger partial charge in [0.25, 0.3) is 0 Å². The van der Waals surface area contributed by atoms with Gasteiger partial charge >= 0.3 is 0 Å². The Bertz CT molecular complexity index is 738. The minimum atomic E-state index is 0.260. The third-order valence-corrected chi connectivity index (χ3v) is 3.87. The summed E-state index contributed by atoms with van der Waals surface area (Å²) in [4.78, 5) is 4.67. The molecule has 0 aliphatic heterocycles. The van der Waals surface area contributed by atoms with Gasteiger partial charge in [-0.3, -0.25) is 4.98 Å². The maximum atomic E-state index is 5.91. The van der Waals surface area contributed by atoms with Crippen LogP contribution in [0.3, 0.4) is 0 Å². The first-order chi connectivity index (χ1) is 10.2. The van der Waals surface area contributed by atoms with Crippen LogP contribution in [0.2, 0.25) is 5.02 Å². The summed E-state index contributed by atoms with van der Waals surface area (Å²) in [6.07, 6.45) is 0. The van der Waals surface area contributed by atoms with Crippen molar-refractivity contribution in [2.45, 2.75) is 19.5 Å². The van der Waals surface area contributed by atoms with Crippen LogP contribution in [0.5, 0.6) is 0 Å². The van der Waals surface area contributed by atoms with Crippen LogP contribution in [-0.2, 0) is 6.54 Å². The van der Waals surface area contributed by atoms with Gasteiger partial charge in [0, 0.05) is 23.0 Å². The zero-order valence-electron chi connectivity index (χ0n) is 11.9. The van der Waals surface area contributed by atoms with Gasteiger partial charge in [-0.05, 0) is 36.8 Å². The highest BCUT2D eigenvalue weighted by Crippen LogP contribution is 2.17. The molecule has 0 amide bonds. The molecule has 1 atom stereocenters. The fraction of sp³-hybridized carbons (Fsp3) is 0.167. The predicted octanol–water partition coefficient (Wildman–Crippen LogP) is 4.74. The average molecular weight is 297 g/mol. The van der Waals surface area contributed by atoms with Crippen LogP contribution < -0.4 is 5.32 Å². The van der Waals surface area contributed by atoms with Crippen molar-refractivity contribution in [1.29, 1.82) is 0 Å². The Kier molecular flexibility index (Phi) is 4.18. The molecule has 0 aliphatic carbocycles. The summed E-state index contributed by atoms with van der Waals surface area (Å²) >= 11 is 5.91. The van der Waals surface area contributed by atoms with Crippen molar-refractivity contribution in [3.05, 3.63) is 76.9 Å². The highest BCUT2D eigenvalue weighted by molar-refractivity contribution is 6.30. The fourth-order valence-electron chi connectivity index (χ4n) is 2.33. The number of nitrogens with one attached hydrogen (secondary N) is 1. The first-order valence-electron chi connectivity index (χ1n) is 7.06. The molecule has 0 fully saturated rings. The van der Waals surface area contributed by atoms with Crippen molar-refractivity contribution in [3.8, 4) is 0 Å². The summed E-state index contributed by atoms with van der Waals surface area (Å²) in [6.45, 7) is 2.89. The summed E-state index contributed by atoms with van der Waals surface area (Å²) in [6, 6.07) is 20.6. The second-order valence-electron chi connectivity index (χ2n) is 5.15. The molecule has 1 N–H and O–H groups in total. The molecule has 1 unspecified atom stereocenters. The van der Waals surface area contributed by atoms with E-state index in [9.17, 15) is 0 Å². The van der Waals surface area contributed by atoms with Crippen molar-refractivity contribution in [1.82, 2.24) is 10.3 Å². The van der Waals surface area contributed by atoms with Crippen LogP contribution in [0, 0.1) is 0 Å². The Morgan fingerprint density at radius 2 is 1.76 bits per heavy atom. The van der Waals surface area contributed by atoms with E-state index in [1.54, 1.807) is 0 Å². The van der Waals surface area contributed by atoms with Gasteiger partial charge in [0.05, 0.1) is 11.2 Å². The van der Waals surface area contributed by atoms with Crippen molar-refractivity contribution in [2.75, 3.05) is 0 Å². The number of hydrogen-bond acceptors (Lipinski definition) is 2. The zero-order chi connectivity index (χ0) is 14.7. The summed E-state index contributed by atoms with van der Waals surface area (Å²) in [5, 5.41) is 5.43. The quantitative estimate of drug-likeness (QED) is 0.752. The lowest BCUT2D eigenvalue weighted by Crippen LogP contribution is -2.18. The molecule has 0 bridgehead atoms. The number of benzene rings is 2. The lowest BCUT2D eigenvalue weighted by molar-refractivity contribution is 0.568. The maximum absolute atomic E-state index is 5.91. The van der Waals surface area contributed by atoms with E-state index in [4.69, 9.17) is 11.6 Å². The number of para-hydroxylation sites is 1. The number of fused-ring (bicyclic) bond motifs is 1. The minimum absolute atomic E-state index is 0.260. The van der Waals surface area contributed by atoms with Gasteiger partial charge in [0.15, 0.2) is 0 Å². The molecule has 21 heavy (non-hydrogen) atoms. The van der Waals surface area contributed by atoms with Crippen molar-refractivity contribution in [2.24, 2.45) is 0 Å². The molecule has 0 spiro atoms. The fourth-order valence-corrected chi connectivity index (χ4v) is 2.46. The van der Waals surface area contributed by atoms with E-state index in [1.165, 1.54) is 10.9 Å². The Labute approximate surface area is 129 Å². The second kappa shape index (κ2) is 6.25. The van der Waals surface area contributed by atoms with Crippen LogP contribution in [0.1, 0.15) is 24.2 Å². The highest BCUT2D eigenvalue weighted by atomic mass is 35.5. The minimum Gasteiger partial charge on any atom is -0.305 e. The molecule has 3 rings (SSSR count). The maximum Gasteiger partial charge on any atom is 0.0705 e. The van der Waals surface area contributed by atoms with Crippen molar-refractivity contribution < 1.29 is 0 Å². The normalized spacial score (nSPS) is 12.5. The highest BCUT2D eigenvalue weighted by Gasteiger charge is 2.05. The predicted molar refractivity (Wildman–Crippen MR) is 88.4 cm³/mol. The Balaban J connectivity index is 1.69. The van der Waals surface area contributed by atoms with Crippen LogP contribution in [0.25, 0.3) is 10.9 Å². The number of rotatable bonds is 4. The summed E-state index contributed by atoms with van der Waals surface area (Å²) < 4.78 is 0. The first-order valence-corrected chi connectivity index (χ1v) is 7.44. The van der Waals surface area contributed by atoms with E-state index in [2.05, 4.69) is 35.4 Å². The number of nitrogens with zero attached hydrogens (tertiary/aromatic N) is 1. The lowest BCUT2D eigenvalue weighted by atomic mass is 10.1. The summed E-state index contributed by atoms with van der Waals surface area (Å²) in [7, 11) is 0. The van der Waals surface area contributed by atoms with Crippen molar-refractivity contribution in [3.63, 3.8) is 0 Å². The molecular formula is C18H17ClN2. The Hall–Kier alpha value is -1.90. The monoisotopic (exact) mass is 296 g/mol. The largest absolute Gasteiger partial charge is 0.305 e. The summed E-state index contributed by atoms with van der Waals surface area (Å²) in [5.41, 5.74) is 3.31. The van der Waals surface area contributed by atoms with E-state index in [-0.39, 0.29) is 6.04 Å². The number of aromatic nitrogens is 1. The molecule has 0 aliphatic rings. The molecular weight excluding hydrogens is 280 g/mol. The Morgan fingerprint density at radius 1 is 1.00 bits per heavy atom. The number of pyridine rings is 1. The van der Waals surface area contributed by atoms with E-state index in [1.807, 2.05) is 42.5 Å². The topological polar surface area (TPSA) is 24.9 Å². The van der Waals surface area contributed by atoms with E-state index >= 15 is 0 Å². The smallest absolute Gasteiger partial charge is 0.0705 e. The molecule has 2 nitrogen and oxygen atoms in total. The molecule has 106 valence electrons. The molecule has 3 heteroatoms. The standard InChI is InChI=1S/C18H17ClN2/c1-13(14-6-9-16(19)10-7-14)20-12-17-11-8-15-4-2-3-5-18(15)21-17/h2-11,13,20H,12H2,1H3. The van der Waals surface area contributed by atoms with Gasteiger partial charge in [-0.15, -0.1) is 0 Å². The molecule has 0 radical (unpaired) electrons. The molecule has 1 aromatic heterocycles. The molecule has 2 aromatic carbocycles. The SMILES string of the molecule is CC(NCc1ccc2ccccc2n1)c1ccc(Cl)cc1. The third-order valence-electron chi connectivity index (χ3n) is 3.62. The van der Waals surface area contributed by atoms with E-state index < -0.39 is 0 Å². The summed E-state index contributed by atoms with van der Waals surface area (Å²) in [5.74, 6) is 0. The van der Waals surface area contributed by atoms with E-state index in [0.717, 1.165) is 22.8 Å². The Morgan fingerprint density at radius 3 is 2.57 bits per heavy atom. The molecule has 0 saturated carbocycles. The zero-order valence-corrected chi connectivity index (χ0v) is 12.6. The third kappa shape index (κ3) is 3.41. The van der Waals surface area contributed by atoms with Gasteiger partial charge in [-0.25, -0.2) is 0 Å². The van der Waals surface area contributed by atoms with E-state index in [0.29, 0.717) is 0 Å². The van der Waals surface area contributed by atoms with Crippen LogP contribution in [-0.4, -0.2) is 4.98 Å². The van der Waals surface area contributed by atoms with Crippen LogP contribution in [0.15, 0.2) is 60.7 Å². The average Bonchev–Trinajstić information content (AvgIpc) is 2.53. The second-order valence-corrected chi connectivity index (χ2v) is 5.59. The molecule has 3 aromatic rings. The number of halogens is 1. The number of hydrogen-bond donors (Lipinski definition) is 1. The molecule has 1 heterocycles. The van der Waals surface area contributed by atoms with Crippen molar-refractivity contribution >= 4 is 22.5 Å². The lowest BCUT2D eigenvalue weighted by Gasteiger charge is -2.14.